The molecule has 8 atom stereocenters. The Morgan fingerprint density at radius 2 is 1.56 bits per heavy atom. The van der Waals surface area contributed by atoms with E-state index in [0.29, 0.717) is 17.5 Å². The highest BCUT2D eigenvalue weighted by atomic mass is 16.5. The first kappa shape index (κ1) is 35.8. The molecule has 4 fully saturated rings. The molecule has 0 aliphatic heterocycles. The van der Waals surface area contributed by atoms with E-state index in [9.17, 15) is 9.90 Å². The quantitative estimate of drug-likeness (QED) is 0.204. The van der Waals surface area contributed by atoms with Gasteiger partial charge in [0.25, 0.3) is 0 Å². The van der Waals surface area contributed by atoms with Crippen molar-refractivity contribution in [2.75, 3.05) is 0 Å². The van der Waals surface area contributed by atoms with Crippen LogP contribution in [0.2, 0.25) is 0 Å². The SMILES string of the molecule is CC1(C)CC[C@]2(C(=O)OCc3cn(-c4ccc(Cc5ccccc5)cc4)nn3)CC[C@]3(C)C(=CC[C@@H]4[C@@]5(C)CC[C@H](O)C(C)(C)[C@@H]5CC[C@]43C)[C@@H]2C1. The van der Waals surface area contributed by atoms with Crippen LogP contribution in [-0.4, -0.2) is 32.2 Å². The molecular weight excluding hydrogens is 643 g/mol. The van der Waals surface area contributed by atoms with E-state index in [4.69, 9.17) is 4.74 Å². The Morgan fingerprint density at radius 1 is 0.846 bits per heavy atom. The molecule has 0 radical (unpaired) electrons. The third-order valence-electron chi connectivity index (χ3n) is 16.4. The molecule has 1 aromatic heterocycles. The van der Waals surface area contributed by atoms with Gasteiger partial charge in [0.2, 0.25) is 0 Å². The highest BCUT2D eigenvalue weighted by Gasteiger charge is 2.69. The van der Waals surface area contributed by atoms with Crippen LogP contribution in [-0.2, 0) is 22.6 Å². The van der Waals surface area contributed by atoms with E-state index in [0.717, 1.165) is 63.5 Å². The predicted octanol–water partition coefficient (Wildman–Crippen LogP) is 10.1. The minimum Gasteiger partial charge on any atom is -0.459 e. The van der Waals surface area contributed by atoms with Crippen LogP contribution >= 0.6 is 0 Å². The molecule has 1 N–H and O–H groups in total. The second kappa shape index (κ2) is 12.4. The van der Waals surface area contributed by atoms with E-state index in [1.54, 1.807) is 10.3 Å². The maximum Gasteiger partial charge on any atom is 0.313 e. The maximum atomic E-state index is 14.6. The first-order chi connectivity index (χ1) is 24.6. The van der Waals surface area contributed by atoms with E-state index in [1.807, 2.05) is 12.3 Å². The Hall–Kier alpha value is -3.25. The lowest BCUT2D eigenvalue weighted by molar-refractivity contribution is -0.206. The van der Waals surface area contributed by atoms with E-state index in [1.165, 1.54) is 24.0 Å². The molecule has 8 rings (SSSR count). The average molecular weight is 704 g/mol. The fourth-order valence-electron chi connectivity index (χ4n) is 13.0. The molecule has 0 bridgehead atoms. The summed E-state index contributed by atoms with van der Waals surface area (Å²) in [5.41, 5.74) is 5.74. The molecule has 0 unspecified atom stereocenters. The van der Waals surface area contributed by atoms with Crippen molar-refractivity contribution >= 4 is 5.97 Å². The van der Waals surface area contributed by atoms with Crippen LogP contribution in [0, 0.1) is 50.2 Å². The largest absolute Gasteiger partial charge is 0.459 e. The van der Waals surface area contributed by atoms with Gasteiger partial charge in [0.1, 0.15) is 12.3 Å². The lowest BCUT2D eigenvalue weighted by Gasteiger charge is -2.71. The zero-order valence-corrected chi connectivity index (χ0v) is 32.8. The minimum atomic E-state index is -0.493. The number of fused-ring (bicyclic) bond motifs is 7. The van der Waals surface area contributed by atoms with E-state index >= 15 is 0 Å². The maximum absolute atomic E-state index is 14.6. The van der Waals surface area contributed by atoms with Gasteiger partial charge in [0, 0.05) is 0 Å². The van der Waals surface area contributed by atoms with E-state index in [-0.39, 0.29) is 51.7 Å². The van der Waals surface area contributed by atoms with Gasteiger partial charge >= 0.3 is 5.97 Å². The van der Waals surface area contributed by atoms with Crippen LogP contribution in [0.15, 0.2) is 72.4 Å². The lowest BCUT2D eigenvalue weighted by Crippen LogP contribution is -2.65. The highest BCUT2D eigenvalue weighted by molar-refractivity contribution is 5.78. The number of carbonyl (C=O) groups excluding carboxylic acids is 1. The van der Waals surface area contributed by atoms with E-state index in [2.05, 4.69) is 113 Å². The number of hydrogen-bond acceptors (Lipinski definition) is 5. The molecule has 52 heavy (non-hydrogen) atoms. The molecule has 278 valence electrons. The van der Waals surface area contributed by atoms with Gasteiger partial charge in [0.05, 0.1) is 23.4 Å². The summed E-state index contributed by atoms with van der Waals surface area (Å²) in [5.74, 6) is 1.27. The highest BCUT2D eigenvalue weighted by Crippen LogP contribution is 2.75. The van der Waals surface area contributed by atoms with Crippen molar-refractivity contribution < 1.29 is 14.6 Å². The topological polar surface area (TPSA) is 77.2 Å². The van der Waals surface area contributed by atoms with Crippen molar-refractivity contribution in [2.24, 2.45) is 50.2 Å². The van der Waals surface area contributed by atoms with Crippen molar-refractivity contribution in [2.45, 2.75) is 132 Å². The number of rotatable bonds is 6. The molecule has 4 saturated carbocycles. The Labute approximate surface area is 311 Å². The number of carbonyl (C=O) groups is 1. The van der Waals surface area contributed by atoms with Gasteiger partial charge in [-0.3, -0.25) is 4.79 Å². The van der Waals surface area contributed by atoms with Gasteiger partial charge in [-0.05, 0) is 139 Å². The number of aliphatic hydroxyl groups is 1. The molecule has 2 aromatic carbocycles. The van der Waals surface area contributed by atoms with Gasteiger partial charge in [-0.1, -0.05) is 108 Å². The predicted molar refractivity (Wildman–Crippen MR) is 205 cm³/mol. The molecule has 0 spiro atoms. The fourth-order valence-corrected chi connectivity index (χ4v) is 13.0. The summed E-state index contributed by atoms with van der Waals surface area (Å²) in [6.45, 7) is 17.3. The number of esters is 1. The third-order valence-corrected chi connectivity index (χ3v) is 16.4. The minimum absolute atomic E-state index is 0.0401. The third kappa shape index (κ3) is 5.47. The Bertz CT molecular complexity index is 1840. The Morgan fingerprint density at radius 3 is 2.31 bits per heavy atom. The normalized spacial score (nSPS) is 37.4. The van der Waals surface area contributed by atoms with Crippen LogP contribution in [0.4, 0.5) is 0 Å². The second-order valence-electron chi connectivity index (χ2n) is 19.8. The molecule has 5 aliphatic carbocycles. The van der Waals surface area contributed by atoms with Crippen molar-refractivity contribution in [3.8, 4) is 5.69 Å². The molecule has 6 heteroatoms. The second-order valence-corrected chi connectivity index (χ2v) is 19.8. The van der Waals surface area contributed by atoms with Crippen molar-refractivity contribution in [3.63, 3.8) is 0 Å². The number of benzene rings is 2. The number of aliphatic hydroxyl groups excluding tert-OH is 1. The smallest absolute Gasteiger partial charge is 0.313 e. The summed E-state index contributed by atoms with van der Waals surface area (Å²) in [7, 11) is 0. The molecular formula is C46H61N3O3. The van der Waals surface area contributed by atoms with Gasteiger partial charge in [0.15, 0.2) is 0 Å². The van der Waals surface area contributed by atoms with Crippen molar-refractivity contribution in [1.82, 2.24) is 15.0 Å². The van der Waals surface area contributed by atoms with Gasteiger partial charge in [-0.25, -0.2) is 4.68 Å². The molecule has 0 amide bonds. The van der Waals surface area contributed by atoms with Crippen LogP contribution < -0.4 is 0 Å². The molecule has 1 heterocycles. The molecule has 0 saturated heterocycles. The Balaban J connectivity index is 1.02. The number of ether oxygens (including phenoxy) is 1. The van der Waals surface area contributed by atoms with Crippen molar-refractivity contribution in [3.05, 3.63) is 89.3 Å². The van der Waals surface area contributed by atoms with Crippen LogP contribution in [0.1, 0.15) is 129 Å². The zero-order valence-electron chi connectivity index (χ0n) is 32.8. The molecule has 6 nitrogen and oxygen atoms in total. The summed E-state index contributed by atoms with van der Waals surface area (Å²) < 4.78 is 8.07. The Kier molecular flexibility index (Phi) is 8.53. The van der Waals surface area contributed by atoms with Crippen LogP contribution in [0.5, 0.6) is 0 Å². The van der Waals surface area contributed by atoms with Crippen molar-refractivity contribution in [1.29, 1.82) is 0 Å². The monoisotopic (exact) mass is 703 g/mol. The number of allylic oxidation sites excluding steroid dienone is 2. The lowest BCUT2D eigenvalue weighted by atomic mass is 9.33. The van der Waals surface area contributed by atoms with Crippen LogP contribution in [0.3, 0.4) is 0 Å². The first-order valence-corrected chi connectivity index (χ1v) is 20.2. The molecule has 3 aromatic rings. The summed E-state index contributed by atoms with van der Waals surface area (Å²) in [6, 6.07) is 18.9. The van der Waals surface area contributed by atoms with Crippen LogP contribution in [0.25, 0.3) is 5.69 Å². The van der Waals surface area contributed by atoms with Gasteiger partial charge < -0.3 is 9.84 Å². The fraction of sp³-hybridized carbons (Fsp3) is 0.630. The van der Waals surface area contributed by atoms with Gasteiger partial charge in [-0.2, -0.15) is 0 Å². The summed E-state index contributed by atoms with van der Waals surface area (Å²) >= 11 is 0. The zero-order chi connectivity index (χ0) is 36.7. The first-order valence-electron chi connectivity index (χ1n) is 20.2. The number of aromatic nitrogens is 3. The van der Waals surface area contributed by atoms with E-state index < -0.39 is 5.41 Å². The summed E-state index contributed by atoms with van der Waals surface area (Å²) in [4.78, 5) is 14.6. The summed E-state index contributed by atoms with van der Waals surface area (Å²) in [6.07, 6.45) is 15.5. The molecule has 5 aliphatic rings. The average Bonchev–Trinajstić information content (AvgIpc) is 3.59. The number of nitrogens with zero attached hydrogens (tertiary/aromatic N) is 3. The van der Waals surface area contributed by atoms with Gasteiger partial charge in [-0.15, -0.1) is 5.10 Å². The summed E-state index contributed by atoms with van der Waals surface area (Å²) in [5, 5.41) is 19.9. The standard InChI is InChI=1S/C46H61N3O3/c1-41(2)23-25-46(40(51)52-30-33-29-49(48-47-33)34-15-13-32(14-16-34)27-31-11-9-8-10-12-31)26-24-44(6)35(36(46)28-41)17-18-38-43(5)21-20-39(50)42(3,4)37(43)19-22-45(38,44)7/h8-17,29,36-39,50H,18-28,30H2,1-7H3/t36-,37-,38+,39-,43-,44+,45+,46-/m0/s1. The number of hydrogen-bond donors (Lipinski definition) is 1.